The molecule has 550 valence electrons. The van der Waals surface area contributed by atoms with Crippen LogP contribution in [0.2, 0.25) is 0 Å². The van der Waals surface area contributed by atoms with Gasteiger partial charge in [0, 0.05) is 95.3 Å². The molecule has 0 amide bonds. The monoisotopic (exact) mass is 1330 g/mol. The van der Waals surface area contributed by atoms with Crippen LogP contribution in [0.4, 0.5) is 5.69 Å². The number of likely N-dealkylation sites (tertiary alicyclic amines) is 3. The Labute approximate surface area is 598 Å². The van der Waals surface area contributed by atoms with Gasteiger partial charge in [0.15, 0.2) is 0 Å². The SMILES string of the molecule is CC(C)(C)C1CC2CCCCC2CN1C(C)(C)C.CC(C)(C)C1CCCCN1C(C)(C)C.CC(C)(C)C1CCCN1C(C)(C)C.CC(C)(C)C1Cc2ccccc2CN1C(C)(C)C.CC(C)(C)C1c2ccccc2CN1C(C)(C)C.CC(C)N1c2ccccc2CC1C(C)(C)C. The minimum atomic E-state index is 0.219. The Morgan fingerprint density at radius 3 is 1.12 bits per heavy atom. The molecule has 6 heterocycles. The summed E-state index contributed by atoms with van der Waals surface area (Å²) in [6.07, 6.45) is 16.6. The number of anilines is 1. The highest BCUT2D eigenvalue weighted by molar-refractivity contribution is 5.60. The van der Waals surface area contributed by atoms with E-state index in [2.05, 4.69) is 345 Å². The number of nitrogens with zero attached hydrogens (tertiary/aromatic N) is 6. The molecule has 8 unspecified atom stereocenters. The molecule has 0 bridgehead atoms. The number of fused-ring (bicyclic) bond motifs is 4. The topological polar surface area (TPSA) is 19.4 Å². The second-order valence-corrected chi connectivity index (χ2v) is 43.0. The van der Waals surface area contributed by atoms with Crippen molar-refractivity contribution in [1.29, 1.82) is 0 Å². The minimum Gasteiger partial charge on any atom is -0.365 e. The summed E-state index contributed by atoms with van der Waals surface area (Å²) in [4.78, 5) is 16.1. The fraction of sp³-hybridized carbons (Fsp3) is 0.800. The second kappa shape index (κ2) is 31.9. The third-order valence-electron chi connectivity index (χ3n) is 23.1. The lowest BCUT2D eigenvalue weighted by atomic mass is 9.67. The number of hydrogen-bond donors (Lipinski definition) is 0. The van der Waals surface area contributed by atoms with Gasteiger partial charge in [-0.25, -0.2) is 0 Å². The van der Waals surface area contributed by atoms with Crippen LogP contribution < -0.4 is 4.90 Å². The molecule has 0 aromatic heterocycles. The Balaban J connectivity index is 0.000000209. The van der Waals surface area contributed by atoms with Gasteiger partial charge in [0.2, 0.25) is 0 Å². The first kappa shape index (κ1) is 83.9. The quantitative estimate of drug-likeness (QED) is 0.240. The van der Waals surface area contributed by atoms with Crippen molar-refractivity contribution in [3.8, 4) is 0 Å². The fourth-order valence-corrected chi connectivity index (χ4v) is 18.0. The van der Waals surface area contributed by atoms with Gasteiger partial charge in [0.05, 0.1) is 0 Å². The van der Waals surface area contributed by atoms with Gasteiger partial charge in [-0.3, -0.25) is 24.5 Å². The molecule has 10 rings (SSSR count). The van der Waals surface area contributed by atoms with Crippen LogP contribution in [0, 0.1) is 44.3 Å². The smallest absolute Gasteiger partial charge is 0.0408 e. The lowest BCUT2D eigenvalue weighted by Gasteiger charge is -2.55. The van der Waals surface area contributed by atoms with Gasteiger partial charge in [0.1, 0.15) is 0 Å². The van der Waals surface area contributed by atoms with Crippen molar-refractivity contribution < 1.29 is 0 Å². The van der Waals surface area contributed by atoms with Crippen molar-refractivity contribution in [3.63, 3.8) is 0 Å². The van der Waals surface area contributed by atoms with Crippen LogP contribution in [0.5, 0.6) is 0 Å². The van der Waals surface area contributed by atoms with Gasteiger partial charge in [-0.1, -0.05) is 217 Å². The molecule has 4 fully saturated rings. The Bertz CT molecular complexity index is 2700. The maximum absolute atomic E-state index is 2.82. The fourth-order valence-electron chi connectivity index (χ4n) is 18.0. The van der Waals surface area contributed by atoms with Crippen LogP contribution in [-0.2, 0) is 25.9 Å². The molecular formula is C90H160N6. The van der Waals surface area contributed by atoms with Crippen molar-refractivity contribution in [2.24, 2.45) is 44.3 Å². The Kier molecular flexibility index (Phi) is 27.9. The summed E-state index contributed by atoms with van der Waals surface area (Å²) in [5, 5.41) is 0. The lowest BCUT2D eigenvalue weighted by molar-refractivity contribution is -0.0583. The standard InChI is InChI=1S/C17H33N.C17H27N.C16H25N.C15H23N.C13H27N.C12H25N/c2*1-16(2,3)15-11-13-9-7-8-10-14(13)12-18(15)17(4,5)6;1-15(2,3)14-13-10-8-7-9-12(13)11-17(14)16(4,5)6;1-11(2)16-13-9-7-6-8-12(13)10-14(16)15(3,4)5;1-12(2,3)11-9-7-8-10-14(11)13(4,5)6;1-11(2,3)10-8-7-9-13(10)12(4,5)6/h13-15H,7-12H2,1-6H3;7-10,15H,11-12H2,1-6H3;7-10,14H,11H2,1-6H3;6-9,11,14H,10H2,1-5H3;11H,7-10H2,1-6H3;10H,7-9H2,1-6H3. The zero-order valence-electron chi connectivity index (χ0n) is 70.3. The molecule has 3 saturated heterocycles. The molecule has 8 atom stereocenters. The van der Waals surface area contributed by atoms with E-state index in [1.54, 1.807) is 0 Å². The molecule has 3 aromatic carbocycles. The van der Waals surface area contributed by atoms with E-state index in [0.717, 1.165) is 43.1 Å². The Hall–Kier alpha value is -2.74. The van der Waals surface area contributed by atoms with Crippen molar-refractivity contribution in [2.45, 2.75) is 402 Å². The predicted molar refractivity (Wildman–Crippen MR) is 426 cm³/mol. The zero-order valence-corrected chi connectivity index (χ0v) is 70.3. The molecule has 96 heavy (non-hydrogen) atoms. The van der Waals surface area contributed by atoms with Crippen LogP contribution in [0.25, 0.3) is 0 Å². The largest absolute Gasteiger partial charge is 0.365 e. The first-order valence-electron chi connectivity index (χ1n) is 39.3. The lowest BCUT2D eigenvalue weighted by Crippen LogP contribution is -2.59. The van der Waals surface area contributed by atoms with E-state index in [1.807, 2.05) is 0 Å². The second-order valence-electron chi connectivity index (χ2n) is 43.0. The highest BCUT2D eigenvalue weighted by Gasteiger charge is 2.47. The summed E-state index contributed by atoms with van der Waals surface area (Å²) in [6.45, 7) is 88.5. The van der Waals surface area contributed by atoms with Crippen molar-refractivity contribution in [2.75, 3.05) is 24.5 Å². The third kappa shape index (κ3) is 22.9. The predicted octanol–water partition coefficient (Wildman–Crippen LogP) is 24.2. The average molecular weight is 1330 g/mol. The van der Waals surface area contributed by atoms with Crippen molar-refractivity contribution in [1.82, 2.24) is 24.5 Å². The van der Waals surface area contributed by atoms with Gasteiger partial charge in [-0.05, 0) is 260 Å². The number of hydrogen-bond acceptors (Lipinski definition) is 6. The number of rotatable bonds is 1. The van der Waals surface area contributed by atoms with Crippen LogP contribution >= 0.6 is 0 Å². The highest BCUT2D eigenvalue weighted by Crippen LogP contribution is 2.50. The van der Waals surface area contributed by atoms with Crippen molar-refractivity contribution in [3.05, 3.63) is 101 Å². The van der Waals surface area contributed by atoms with Gasteiger partial charge in [-0.2, -0.15) is 0 Å². The normalized spacial score (nSPS) is 25.4. The van der Waals surface area contributed by atoms with Gasteiger partial charge in [-0.15, -0.1) is 0 Å². The minimum absolute atomic E-state index is 0.219. The molecule has 1 aliphatic carbocycles. The number of benzene rings is 3. The molecule has 0 radical (unpaired) electrons. The highest BCUT2D eigenvalue weighted by atomic mass is 15.3. The van der Waals surface area contributed by atoms with E-state index in [1.165, 1.54) is 130 Å². The van der Waals surface area contributed by atoms with Crippen LogP contribution in [0.1, 0.15) is 340 Å². The van der Waals surface area contributed by atoms with E-state index in [4.69, 9.17) is 0 Å². The molecule has 1 saturated carbocycles. The maximum atomic E-state index is 2.82. The van der Waals surface area contributed by atoms with Crippen molar-refractivity contribution >= 4 is 5.69 Å². The average Bonchev–Trinajstić information content (AvgIpc) is 1.37. The maximum Gasteiger partial charge on any atom is 0.0408 e. The van der Waals surface area contributed by atoms with E-state index >= 15 is 0 Å². The molecule has 3 aromatic rings. The van der Waals surface area contributed by atoms with E-state index in [-0.39, 0.29) is 16.5 Å². The van der Waals surface area contributed by atoms with Crippen LogP contribution in [0.15, 0.2) is 72.8 Å². The van der Waals surface area contributed by atoms with E-state index in [0.29, 0.717) is 67.9 Å². The molecule has 0 N–H and O–H groups in total. The summed E-state index contributed by atoms with van der Waals surface area (Å²) >= 11 is 0. The third-order valence-corrected chi connectivity index (χ3v) is 23.1. The van der Waals surface area contributed by atoms with Gasteiger partial charge < -0.3 is 4.90 Å². The van der Waals surface area contributed by atoms with E-state index < -0.39 is 0 Å². The summed E-state index contributed by atoms with van der Waals surface area (Å²) in [5.41, 5.74) is 12.7. The molecule has 6 nitrogen and oxygen atoms in total. The zero-order chi connectivity index (χ0) is 73.1. The molecular weight excluding hydrogens is 1170 g/mol. The van der Waals surface area contributed by atoms with E-state index in [9.17, 15) is 0 Å². The molecule has 0 spiro atoms. The number of piperidine rings is 2. The first-order valence-corrected chi connectivity index (χ1v) is 39.3. The summed E-state index contributed by atoms with van der Waals surface area (Å²) in [6, 6.07) is 31.3. The molecule has 6 aliphatic heterocycles. The summed E-state index contributed by atoms with van der Waals surface area (Å²) in [7, 11) is 0. The first-order chi connectivity index (χ1) is 43.5. The van der Waals surface area contributed by atoms with Crippen LogP contribution in [0.3, 0.4) is 0 Å². The summed E-state index contributed by atoms with van der Waals surface area (Å²) in [5.74, 6) is 2.00. The Morgan fingerprint density at radius 2 is 0.688 bits per heavy atom. The summed E-state index contributed by atoms with van der Waals surface area (Å²) < 4.78 is 0. The number of para-hydroxylation sites is 1. The van der Waals surface area contributed by atoms with Gasteiger partial charge in [0.25, 0.3) is 0 Å². The van der Waals surface area contributed by atoms with Crippen LogP contribution in [-0.4, -0.2) is 108 Å². The van der Waals surface area contributed by atoms with Gasteiger partial charge >= 0.3 is 0 Å². The molecule has 6 heteroatoms. The Morgan fingerprint density at radius 1 is 0.312 bits per heavy atom. The molecule has 7 aliphatic rings.